The van der Waals surface area contributed by atoms with Crippen LogP contribution >= 0.6 is 15.9 Å². The van der Waals surface area contributed by atoms with Gasteiger partial charge in [-0.05, 0) is 66.2 Å². The Morgan fingerprint density at radius 3 is 2.67 bits per heavy atom. The van der Waals surface area contributed by atoms with E-state index in [0.717, 1.165) is 22.4 Å². The van der Waals surface area contributed by atoms with E-state index in [-0.39, 0.29) is 11.9 Å². The zero-order valence-electron chi connectivity index (χ0n) is 12.4. The second kappa shape index (κ2) is 7.05. The van der Waals surface area contributed by atoms with Crippen LogP contribution in [-0.2, 0) is 6.61 Å². The minimum Gasteiger partial charge on any atom is -0.489 e. The summed E-state index contributed by atoms with van der Waals surface area (Å²) >= 11 is 3.19. The van der Waals surface area contributed by atoms with E-state index in [4.69, 9.17) is 4.74 Å². The maximum Gasteiger partial charge on any atom is 0.137 e. The van der Waals surface area contributed by atoms with Crippen molar-refractivity contribution < 1.29 is 9.13 Å². The lowest BCUT2D eigenvalue weighted by Gasteiger charge is -2.17. The van der Waals surface area contributed by atoms with Gasteiger partial charge >= 0.3 is 0 Å². The average molecular weight is 352 g/mol. The van der Waals surface area contributed by atoms with Crippen molar-refractivity contribution in [3.63, 3.8) is 0 Å². The third-order valence-corrected chi connectivity index (χ3v) is 4.05. The summed E-state index contributed by atoms with van der Waals surface area (Å²) in [5, 5.41) is 3.22. The van der Waals surface area contributed by atoms with E-state index in [1.807, 2.05) is 20.0 Å². The van der Waals surface area contributed by atoms with Crippen LogP contribution in [0.1, 0.15) is 29.7 Å². The van der Waals surface area contributed by atoms with E-state index in [1.165, 1.54) is 6.07 Å². The first kappa shape index (κ1) is 16.0. The van der Waals surface area contributed by atoms with Crippen LogP contribution in [0, 0.1) is 12.7 Å². The highest BCUT2D eigenvalue weighted by Crippen LogP contribution is 2.27. The van der Waals surface area contributed by atoms with Gasteiger partial charge in [0.1, 0.15) is 18.2 Å². The maximum atomic E-state index is 13.2. The fraction of sp³-hybridized carbons (Fsp3) is 0.294. The van der Waals surface area contributed by atoms with E-state index in [0.29, 0.717) is 11.1 Å². The Hall–Kier alpha value is -1.39. The van der Waals surface area contributed by atoms with E-state index >= 15 is 0 Å². The molecule has 0 spiro atoms. The highest BCUT2D eigenvalue weighted by Gasteiger charge is 2.11. The first-order chi connectivity index (χ1) is 10.0. The van der Waals surface area contributed by atoms with Gasteiger partial charge in [0.25, 0.3) is 0 Å². The molecular weight excluding hydrogens is 333 g/mol. The summed E-state index contributed by atoms with van der Waals surface area (Å²) in [5.41, 5.74) is 3.19. The van der Waals surface area contributed by atoms with Crippen molar-refractivity contribution in [2.75, 3.05) is 7.05 Å². The van der Waals surface area contributed by atoms with Gasteiger partial charge < -0.3 is 10.1 Å². The summed E-state index contributed by atoms with van der Waals surface area (Å²) < 4.78 is 19.6. The molecule has 1 atom stereocenters. The van der Waals surface area contributed by atoms with Gasteiger partial charge in [0.15, 0.2) is 0 Å². The summed E-state index contributed by atoms with van der Waals surface area (Å²) in [7, 11) is 1.92. The normalized spacial score (nSPS) is 12.2. The summed E-state index contributed by atoms with van der Waals surface area (Å²) in [6.07, 6.45) is 0. The Labute approximate surface area is 133 Å². The van der Waals surface area contributed by atoms with Crippen LogP contribution in [0.3, 0.4) is 0 Å². The molecule has 0 aliphatic heterocycles. The zero-order chi connectivity index (χ0) is 15.4. The van der Waals surface area contributed by atoms with Crippen molar-refractivity contribution in [1.82, 2.24) is 5.32 Å². The number of halogens is 2. The first-order valence-electron chi connectivity index (χ1n) is 6.86. The quantitative estimate of drug-likeness (QED) is 0.838. The van der Waals surface area contributed by atoms with Crippen molar-refractivity contribution in [3.05, 3.63) is 63.4 Å². The van der Waals surface area contributed by atoms with Gasteiger partial charge in [-0.2, -0.15) is 0 Å². The molecule has 2 nitrogen and oxygen atoms in total. The van der Waals surface area contributed by atoms with Gasteiger partial charge in [-0.25, -0.2) is 4.39 Å². The largest absolute Gasteiger partial charge is 0.489 e. The van der Waals surface area contributed by atoms with E-state index in [2.05, 4.69) is 40.3 Å². The van der Waals surface area contributed by atoms with Crippen LogP contribution in [0.5, 0.6) is 5.75 Å². The van der Waals surface area contributed by atoms with Crippen molar-refractivity contribution >= 4 is 15.9 Å². The lowest BCUT2D eigenvalue weighted by Crippen LogP contribution is -2.14. The number of hydrogen-bond acceptors (Lipinski definition) is 2. The Morgan fingerprint density at radius 2 is 2.00 bits per heavy atom. The summed E-state index contributed by atoms with van der Waals surface area (Å²) in [6.45, 7) is 4.53. The van der Waals surface area contributed by atoms with Crippen LogP contribution in [-0.4, -0.2) is 7.05 Å². The standard InChI is InChI=1S/C17H19BrFNO/c1-11-4-6-14(12(2)20-3)17(8-11)21-10-13-5-7-16(19)15(18)9-13/h4-9,12,20H,10H2,1-3H3. The Bertz CT molecular complexity index is 630. The zero-order valence-corrected chi connectivity index (χ0v) is 14.0. The van der Waals surface area contributed by atoms with Crippen LogP contribution in [0.25, 0.3) is 0 Å². The minimum absolute atomic E-state index is 0.209. The monoisotopic (exact) mass is 351 g/mol. The molecule has 0 aliphatic rings. The lowest BCUT2D eigenvalue weighted by molar-refractivity contribution is 0.300. The lowest BCUT2D eigenvalue weighted by atomic mass is 10.1. The van der Waals surface area contributed by atoms with Crippen molar-refractivity contribution in [2.24, 2.45) is 0 Å². The highest BCUT2D eigenvalue weighted by atomic mass is 79.9. The number of rotatable bonds is 5. The smallest absolute Gasteiger partial charge is 0.137 e. The molecule has 0 aromatic heterocycles. The number of aryl methyl sites for hydroxylation is 1. The summed E-state index contributed by atoms with van der Waals surface area (Å²) in [6, 6.07) is 11.3. The van der Waals surface area contributed by atoms with E-state index in [1.54, 1.807) is 12.1 Å². The molecule has 4 heteroatoms. The number of benzene rings is 2. The number of ether oxygens (including phenoxy) is 1. The molecule has 2 aromatic rings. The number of nitrogens with one attached hydrogen (secondary N) is 1. The molecule has 0 saturated heterocycles. The Balaban J connectivity index is 2.18. The topological polar surface area (TPSA) is 21.3 Å². The van der Waals surface area contributed by atoms with E-state index < -0.39 is 0 Å². The molecule has 0 radical (unpaired) electrons. The van der Waals surface area contributed by atoms with Crippen LogP contribution < -0.4 is 10.1 Å². The number of hydrogen-bond donors (Lipinski definition) is 1. The first-order valence-corrected chi connectivity index (χ1v) is 7.65. The molecule has 0 amide bonds. The molecule has 2 aromatic carbocycles. The van der Waals surface area contributed by atoms with Gasteiger partial charge in [0.05, 0.1) is 4.47 Å². The van der Waals surface area contributed by atoms with E-state index in [9.17, 15) is 4.39 Å². The molecule has 21 heavy (non-hydrogen) atoms. The molecular formula is C17H19BrFNO. The SMILES string of the molecule is CNC(C)c1ccc(C)cc1OCc1ccc(F)c(Br)c1. The fourth-order valence-electron chi connectivity index (χ4n) is 2.07. The molecule has 1 unspecified atom stereocenters. The fourth-order valence-corrected chi connectivity index (χ4v) is 2.50. The minimum atomic E-state index is -0.265. The van der Waals surface area contributed by atoms with Crippen LogP contribution in [0.4, 0.5) is 4.39 Å². The third kappa shape index (κ3) is 4.05. The second-order valence-electron chi connectivity index (χ2n) is 5.09. The summed E-state index contributed by atoms with van der Waals surface area (Å²) in [4.78, 5) is 0. The van der Waals surface area contributed by atoms with Gasteiger partial charge in [0.2, 0.25) is 0 Å². The molecule has 0 aliphatic carbocycles. The summed E-state index contributed by atoms with van der Waals surface area (Å²) in [5.74, 6) is 0.594. The highest BCUT2D eigenvalue weighted by molar-refractivity contribution is 9.10. The average Bonchev–Trinajstić information content (AvgIpc) is 2.48. The molecule has 1 N–H and O–H groups in total. The Kier molecular flexibility index (Phi) is 5.37. The molecule has 0 fully saturated rings. The van der Waals surface area contributed by atoms with Crippen LogP contribution in [0.15, 0.2) is 40.9 Å². The van der Waals surface area contributed by atoms with Gasteiger partial charge in [-0.3, -0.25) is 0 Å². The van der Waals surface area contributed by atoms with Crippen molar-refractivity contribution in [1.29, 1.82) is 0 Å². The Morgan fingerprint density at radius 1 is 1.24 bits per heavy atom. The maximum absolute atomic E-state index is 13.2. The third-order valence-electron chi connectivity index (χ3n) is 3.45. The van der Waals surface area contributed by atoms with Gasteiger partial charge in [-0.15, -0.1) is 0 Å². The van der Waals surface area contributed by atoms with Crippen molar-refractivity contribution in [2.45, 2.75) is 26.5 Å². The van der Waals surface area contributed by atoms with Gasteiger partial charge in [-0.1, -0.05) is 18.2 Å². The van der Waals surface area contributed by atoms with Gasteiger partial charge in [0, 0.05) is 11.6 Å². The molecule has 2 rings (SSSR count). The second-order valence-corrected chi connectivity index (χ2v) is 5.94. The molecule has 0 saturated carbocycles. The molecule has 0 bridgehead atoms. The molecule has 0 heterocycles. The van der Waals surface area contributed by atoms with Crippen molar-refractivity contribution in [3.8, 4) is 5.75 Å². The predicted octanol–water partition coefficient (Wildman–Crippen LogP) is 4.76. The van der Waals surface area contributed by atoms with Crippen LogP contribution in [0.2, 0.25) is 0 Å². The predicted molar refractivity (Wildman–Crippen MR) is 87.1 cm³/mol. The molecule has 112 valence electrons.